The lowest BCUT2D eigenvalue weighted by molar-refractivity contribution is -0.384. The van der Waals surface area contributed by atoms with Crippen LogP contribution in [0.25, 0.3) is 5.76 Å². The number of aliphatic hydroxyl groups excluding tert-OH is 1. The average Bonchev–Trinajstić information content (AvgIpc) is 3.17. The van der Waals surface area contributed by atoms with Crippen molar-refractivity contribution in [3.05, 3.63) is 111 Å². The summed E-state index contributed by atoms with van der Waals surface area (Å²) in [5.41, 5.74) is 2.87. The standard InChI is InChI=1S/C30H31N3O6/c1-20-6-4-7-21(18-20)19-39-25-14-10-23(11-15-25)28(34)26-27(22-8-12-24(13-9-22)33(37)38)32(30(36)29(26)35)17-5-16-31(2)3/h4,6-15,18,27,34H,5,16-17,19H2,1-3H3/t27-/m0/s1. The molecule has 0 aliphatic carbocycles. The van der Waals surface area contributed by atoms with Gasteiger partial charge in [0, 0.05) is 24.2 Å². The Balaban J connectivity index is 1.64. The molecule has 3 aromatic rings. The number of aliphatic hydroxyl groups is 1. The Labute approximate surface area is 227 Å². The SMILES string of the molecule is Cc1cccc(COc2ccc(C(O)=C3C(=O)C(=O)N(CCCN(C)C)[C@H]3c3ccc([N+](=O)[O-])cc3)cc2)c1. The number of nitro benzene ring substituents is 1. The van der Waals surface area contributed by atoms with Gasteiger partial charge in [0.25, 0.3) is 17.4 Å². The molecule has 0 bridgehead atoms. The van der Waals surface area contributed by atoms with Crippen molar-refractivity contribution in [3.8, 4) is 5.75 Å². The second-order valence-electron chi connectivity index (χ2n) is 9.80. The van der Waals surface area contributed by atoms with Crippen LogP contribution >= 0.6 is 0 Å². The molecule has 1 atom stereocenters. The van der Waals surface area contributed by atoms with Gasteiger partial charge >= 0.3 is 0 Å². The number of carbonyl (C=O) groups excluding carboxylic acids is 2. The highest BCUT2D eigenvalue weighted by atomic mass is 16.6. The number of Topliss-reactive ketones (excluding diaryl/α,β-unsaturated/α-hetero) is 1. The number of rotatable bonds is 10. The molecule has 0 saturated carbocycles. The Hall–Kier alpha value is -4.50. The first-order valence-corrected chi connectivity index (χ1v) is 12.6. The number of ketones is 1. The summed E-state index contributed by atoms with van der Waals surface area (Å²) in [6.45, 7) is 3.37. The van der Waals surface area contributed by atoms with Crippen molar-refractivity contribution in [2.24, 2.45) is 0 Å². The molecule has 1 N–H and O–H groups in total. The number of nitro groups is 1. The molecule has 1 amide bonds. The second kappa shape index (κ2) is 11.9. The molecule has 1 fully saturated rings. The predicted molar refractivity (Wildman–Crippen MR) is 147 cm³/mol. The highest BCUT2D eigenvalue weighted by Crippen LogP contribution is 2.40. The van der Waals surface area contributed by atoms with E-state index in [2.05, 4.69) is 0 Å². The topological polar surface area (TPSA) is 113 Å². The lowest BCUT2D eigenvalue weighted by Gasteiger charge is -2.26. The fraction of sp³-hybridized carbons (Fsp3) is 0.267. The van der Waals surface area contributed by atoms with E-state index in [0.717, 1.165) is 11.1 Å². The second-order valence-corrected chi connectivity index (χ2v) is 9.80. The van der Waals surface area contributed by atoms with E-state index in [-0.39, 0.29) is 23.6 Å². The molecule has 9 nitrogen and oxygen atoms in total. The lowest BCUT2D eigenvalue weighted by Crippen LogP contribution is -2.32. The van der Waals surface area contributed by atoms with Crippen LogP contribution in [0.4, 0.5) is 5.69 Å². The molecular formula is C30H31N3O6. The Morgan fingerprint density at radius 2 is 1.74 bits per heavy atom. The Bertz CT molecular complexity index is 1400. The first kappa shape index (κ1) is 27.5. The van der Waals surface area contributed by atoms with Gasteiger partial charge in [-0.1, -0.05) is 29.8 Å². The summed E-state index contributed by atoms with van der Waals surface area (Å²) in [5, 5.41) is 22.4. The van der Waals surface area contributed by atoms with E-state index in [0.29, 0.717) is 36.4 Å². The third kappa shape index (κ3) is 6.32. The van der Waals surface area contributed by atoms with Gasteiger partial charge < -0.3 is 19.6 Å². The maximum Gasteiger partial charge on any atom is 0.295 e. The van der Waals surface area contributed by atoms with E-state index in [1.54, 1.807) is 24.3 Å². The van der Waals surface area contributed by atoms with Crippen molar-refractivity contribution >= 4 is 23.1 Å². The number of hydrogen-bond acceptors (Lipinski definition) is 7. The Morgan fingerprint density at radius 1 is 1.05 bits per heavy atom. The zero-order chi connectivity index (χ0) is 28.1. The number of amides is 1. The molecule has 1 aliphatic rings. The fourth-order valence-electron chi connectivity index (χ4n) is 4.63. The molecule has 202 valence electrons. The van der Waals surface area contributed by atoms with Gasteiger partial charge in [-0.2, -0.15) is 0 Å². The minimum absolute atomic E-state index is 0.0489. The van der Waals surface area contributed by atoms with Gasteiger partial charge in [-0.15, -0.1) is 0 Å². The minimum Gasteiger partial charge on any atom is -0.507 e. The quantitative estimate of drug-likeness (QED) is 0.131. The highest BCUT2D eigenvalue weighted by molar-refractivity contribution is 6.46. The number of ether oxygens (including phenoxy) is 1. The van der Waals surface area contributed by atoms with Crippen molar-refractivity contribution in [1.82, 2.24) is 9.80 Å². The van der Waals surface area contributed by atoms with Gasteiger partial charge in [-0.3, -0.25) is 19.7 Å². The first-order chi connectivity index (χ1) is 18.7. The third-order valence-corrected chi connectivity index (χ3v) is 6.58. The summed E-state index contributed by atoms with van der Waals surface area (Å²) in [4.78, 5) is 40.3. The summed E-state index contributed by atoms with van der Waals surface area (Å²) in [6.07, 6.45) is 0.608. The summed E-state index contributed by atoms with van der Waals surface area (Å²) in [5.74, 6) is -1.22. The van der Waals surface area contributed by atoms with Crippen molar-refractivity contribution < 1.29 is 24.4 Å². The monoisotopic (exact) mass is 529 g/mol. The van der Waals surface area contributed by atoms with Crippen LogP contribution in [0.2, 0.25) is 0 Å². The Kier molecular flexibility index (Phi) is 8.41. The molecule has 0 unspecified atom stereocenters. The van der Waals surface area contributed by atoms with Crippen molar-refractivity contribution in [1.29, 1.82) is 0 Å². The van der Waals surface area contributed by atoms with E-state index in [1.165, 1.54) is 29.2 Å². The molecule has 1 heterocycles. The number of carbonyl (C=O) groups is 2. The van der Waals surface area contributed by atoms with Crippen LogP contribution in [0.15, 0.2) is 78.4 Å². The van der Waals surface area contributed by atoms with Crippen LogP contribution in [-0.2, 0) is 16.2 Å². The molecule has 9 heteroatoms. The van der Waals surface area contributed by atoms with E-state index in [9.17, 15) is 24.8 Å². The lowest BCUT2D eigenvalue weighted by atomic mass is 9.95. The zero-order valence-corrected chi connectivity index (χ0v) is 22.2. The largest absolute Gasteiger partial charge is 0.507 e. The molecule has 0 spiro atoms. The number of non-ortho nitro benzene ring substituents is 1. The number of aryl methyl sites for hydroxylation is 1. The maximum absolute atomic E-state index is 13.2. The number of hydrogen-bond donors (Lipinski definition) is 1. The van der Waals surface area contributed by atoms with Crippen LogP contribution in [0, 0.1) is 17.0 Å². The van der Waals surface area contributed by atoms with Gasteiger partial charge in [0.05, 0.1) is 16.5 Å². The van der Waals surface area contributed by atoms with Gasteiger partial charge in [-0.05, 0) is 81.5 Å². The molecule has 0 radical (unpaired) electrons. The minimum atomic E-state index is -0.870. The predicted octanol–water partition coefficient (Wildman–Crippen LogP) is 4.86. The van der Waals surface area contributed by atoms with E-state index in [1.807, 2.05) is 50.2 Å². The molecule has 0 aromatic heterocycles. The van der Waals surface area contributed by atoms with E-state index < -0.39 is 22.7 Å². The van der Waals surface area contributed by atoms with E-state index >= 15 is 0 Å². The van der Waals surface area contributed by atoms with Crippen molar-refractivity contribution in [3.63, 3.8) is 0 Å². The van der Waals surface area contributed by atoms with Crippen LogP contribution in [0.1, 0.15) is 34.7 Å². The van der Waals surface area contributed by atoms with Gasteiger partial charge in [0.1, 0.15) is 18.1 Å². The van der Waals surface area contributed by atoms with Crippen LogP contribution in [-0.4, -0.2) is 58.7 Å². The molecular weight excluding hydrogens is 498 g/mol. The third-order valence-electron chi connectivity index (χ3n) is 6.58. The summed E-state index contributed by atoms with van der Waals surface area (Å²) in [6, 6.07) is 19.5. The number of likely N-dealkylation sites (tertiary alicyclic amines) is 1. The smallest absolute Gasteiger partial charge is 0.295 e. The number of nitrogens with zero attached hydrogens (tertiary/aromatic N) is 3. The Morgan fingerprint density at radius 3 is 2.36 bits per heavy atom. The summed E-state index contributed by atoms with van der Waals surface area (Å²) in [7, 11) is 3.83. The summed E-state index contributed by atoms with van der Waals surface area (Å²) < 4.78 is 5.86. The molecule has 39 heavy (non-hydrogen) atoms. The fourth-order valence-corrected chi connectivity index (χ4v) is 4.63. The molecule has 1 aliphatic heterocycles. The van der Waals surface area contributed by atoms with Crippen molar-refractivity contribution in [2.75, 3.05) is 27.2 Å². The summed E-state index contributed by atoms with van der Waals surface area (Å²) >= 11 is 0. The maximum atomic E-state index is 13.2. The van der Waals surface area contributed by atoms with Crippen LogP contribution in [0.3, 0.4) is 0 Å². The molecule has 4 rings (SSSR count). The number of benzene rings is 3. The van der Waals surface area contributed by atoms with E-state index in [4.69, 9.17) is 4.74 Å². The normalized spacial score (nSPS) is 16.6. The highest BCUT2D eigenvalue weighted by Gasteiger charge is 2.45. The van der Waals surface area contributed by atoms with Crippen LogP contribution < -0.4 is 4.74 Å². The van der Waals surface area contributed by atoms with Gasteiger partial charge in [0.15, 0.2) is 0 Å². The van der Waals surface area contributed by atoms with Gasteiger partial charge in [-0.25, -0.2) is 0 Å². The zero-order valence-electron chi connectivity index (χ0n) is 22.2. The molecule has 3 aromatic carbocycles. The average molecular weight is 530 g/mol. The van der Waals surface area contributed by atoms with Crippen molar-refractivity contribution in [2.45, 2.75) is 26.0 Å². The van der Waals surface area contributed by atoms with Crippen LogP contribution in [0.5, 0.6) is 5.75 Å². The van der Waals surface area contributed by atoms with Gasteiger partial charge in [0.2, 0.25) is 0 Å². The molecule has 1 saturated heterocycles. The first-order valence-electron chi connectivity index (χ1n) is 12.6.